The third-order valence-electron chi connectivity index (χ3n) is 3.96. The quantitative estimate of drug-likeness (QED) is 0.560. The molecule has 3 rings (SSSR count). The van der Waals surface area contributed by atoms with Crippen molar-refractivity contribution in [3.63, 3.8) is 0 Å². The molecule has 148 valence electrons. The lowest BCUT2D eigenvalue weighted by atomic mass is 10.1. The molecule has 29 heavy (non-hydrogen) atoms. The van der Waals surface area contributed by atoms with Crippen LogP contribution in [0.5, 0.6) is 0 Å². The number of carbonyl (C=O) groups is 2. The number of halogens is 2. The van der Waals surface area contributed by atoms with Crippen molar-refractivity contribution in [2.45, 2.75) is 10.1 Å². The minimum absolute atomic E-state index is 0.112. The number of carbonyl (C=O) groups excluding carboxylic acids is 2. The zero-order valence-electron chi connectivity index (χ0n) is 15.3. The minimum atomic E-state index is -1.06. The molecular weight excluding hydrogens is 394 g/mol. The van der Waals surface area contributed by atoms with Gasteiger partial charge in [0.15, 0.2) is 11.6 Å². The summed E-state index contributed by atoms with van der Waals surface area (Å²) in [7, 11) is 0. The molecule has 0 aliphatic carbocycles. The maximum absolute atomic E-state index is 13.2. The summed E-state index contributed by atoms with van der Waals surface area (Å²) in [5.74, 6) is -2.93. The Morgan fingerprint density at radius 2 is 1.52 bits per heavy atom. The van der Waals surface area contributed by atoms with Crippen LogP contribution in [0.4, 0.5) is 14.5 Å². The van der Waals surface area contributed by atoms with Gasteiger partial charge >= 0.3 is 0 Å². The summed E-state index contributed by atoms with van der Waals surface area (Å²) in [6.45, 7) is -0.295. The van der Waals surface area contributed by atoms with Crippen molar-refractivity contribution in [2.75, 3.05) is 11.9 Å². The highest BCUT2D eigenvalue weighted by Gasteiger charge is 2.22. The number of nitrogens with one attached hydrogen (secondary N) is 2. The normalized spacial score (nSPS) is 11.5. The Hall–Kier alpha value is -3.19. The molecule has 0 bridgehead atoms. The van der Waals surface area contributed by atoms with E-state index in [-0.39, 0.29) is 18.1 Å². The molecule has 0 aliphatic rings. The number of benzene rings is 3. The molecule has 0 heterocycles. The Morgan fingerprint density at radius 3 is 2.17 bits per heavy atom. The molecule has 0 aromatic heterocycles. The first-order valence-electron chi connectivity index (χ1n) is 8.82. The zero-order valence-corrected chi connectivity index (χ0v) is 16.1. The molecule has 3 aromatic carbocycles. The maximum Gasteiger partial charge on any atom is 0.243 e. The second-order valence-corrected chi connectivity index (χ2v) is 7.30. The molecule has 3 aromatic rings. The van der Waals surface area contributed by atoms with E-state index in [9.17, 15) is 18.4 Å². The van der Waals surface area contributed by atoms with Gasteiger partial charge in [-0.05, 0) is 29.8 Å². The van der Waals surface area contributed by atoms with Gasteiger partial charge in [0.05, 0.1) is 6.54 Å². The number of anilines is 1. The Kier molecular flexibility index (Phi) is 6.97. The molecule has 4 nitrogen and oxygen atoms in total. The smallest absolute Gasteiger partial charge is 0.243 e. The highest BCUT2D eigenvalue weighted by Crippen LogP contribution is 2.35. The van der Waals surface area contributed by atoms with Gasteiger partial charge in [0.25, 0.3) is 0 Å². The van der Waals surface area contributed by atoms with E-state index in [1.807, 2.05) is 60.7 Å². The van der Waals surface area contributed by atoms with Crippen molar-refractivity contribution in [1.29, 1.82) is 0 Å². The molecule has 0 aliphatic heterocycles. The number of rotatable bonds is 7. The molecule has 0 saturated carbocycles. The lowest BCUT2D eigenvalue weighted by Gasteiger charge is -2.17. The Balaban J connectivity index is 1.64. The van der Waals surface area contributed by atoms with Crippen LogP contribution in [0.1, 0.15) is 10.8 Å². The van der Waals surface area contributed by atoms with Crippen molar-refractivity contribution in [1.82, 2.24) is 5.32 Å². The van der Waals surface area contributed by atoms with Crippen molar-refractivity contribution >= 4 is 29.3 Å². The monoisotopic (exact) mass is 412 g/mol. The maximum atomic E-state index is 13.2. The predicted octanol–water partition coefficient (Wildman–Crippen LogP) is 4.55. The van der Waals surface area contributed by atoms with Crippen LogP contribution in [0, 0.1) is 11.6 Å². The largest absolute Gasteiger partial charge is 0.346 e. The van der Waals surface area contributed by atoms with Crippen molar-refractivity contribution in [3.8, 4) is 0 Å². The molecule has 1 atom stereocenters. The van der Waals surface area contributed by atoms with Gasteiger partial charge in [-0.25, -0.2) is 8.78 Å². The van der Waals surface area contributed by atoms with Crippen LogP contribution in [0.15, 0.2) is 83.8 Å². The van der Waals surface area contributed by atoms with E-state index in [1.54, 1.807) is 0 Å². The predicted molar refractivity (Wildman–Crippen MR) is 109 cm³/mol. The van der Waals surface area contributed by atoms with Crippen LogP contribution in [-0.4, -0.2) is 18.4 Å². The molecule has 7 heteroatoms. The summed E-state index contributed by atoms with van der Waals surface area (Å²) in [5.41, 5.74) is 0.918. The fourth-order valence-corrected chi connectivity index (χ4v) is 3.65. The fourth-order valence-electron chi connectivity index (χ4n) is 2.58. The lowest BCUT2D eigenvalue weighted by Crippen LogP contribution is -2.35. The Morgan fingerprint density at radius 1 is 0.862 bits per heavy atom. The standard InChI is InChI=1S/C22H18F2N2O2S/c23-18-12-11-16(13-19(18)24)26-20(27)14-25-22(28)21(15-7-3-1-4-8-15)29-17-9-5-2-6-10-17/h1-13,21H,14H2,(H,25,28)(H,26,27)/t21-/m1/s1. The molecule has 0 spiro atoms. The van der Waals surface area contributed by atoms with Gasteiger partial charge in [-0.2, -0.15) is 0 Å². The summed E-state index contributed by atoms with van der Waals surface area (Å²) in [4.78, 5) is 25.8. The van der Waals surface area contributed by atoms with E-state index in [0.717, 1.165) is 22.6 Å². The fraction of sp³-hybridized carbons (Fsp3) is 0.0909. The molecule has 0 radical (unpaired) electrons. The van der Waals surface area contributed by atoms with Crippen molar-refractivity contribution in [2.24, 2.45) is 0 Å². The summed E-state index contributed by atoms with van der Waals surface area (Å²) < 4.78 is 26.2. The topological polar surface area (TPSA) is 58.2 Å². The van der Waals surface area contributed by atoms with Gasteiger partial charge in [-0.3, -0.25) is 9.59 Å². The van der Waals surface area contributed by atoms with Gasteiger partial charge < -0.3 is 10.6 Å². The van der Waals surface area contributed by atoms with Crippen LogP contribution < -0.4 is 10.6 Å². The van der Waals surface area contributed by atoms with Gasteiger partial charge in [-0.1, -0.05) is 48.5 Å². The van der Waals surface area contributed by atoms with Crippen LogP contribution in [-0.2, 0) is 9.59 Å². The molecule has 2 amide bonds. The van der Waals surface area contributed by atoms with E-state index in [4.69, 9.17) is 0 Å². The third-order valence-corrected chi connectivity index (χ3v) is 5.23. The van der Waals surface area contributed by atoms with Gasteiger partial charge in [0, 0.05) is 16.6 Å². The first-order chi connectivity index (χ1) is 14.0. The minimum Gasteiger partial charge on any atom is -0.346 e. The van der Waals surface area contributed by atoms with E-state index >= 15 is 0 Å². The number of hydrogen-bond donors (Lipinski definition) is 2. The Labute approximate surface area is 171 Å². The molecule has 0 unspecified atom stereocenters. The van der Waals surface area contributed by atoms with E-state index < -0.39 is 22.8 Å². The van der Waals surface area contributed by atoms with Crippen molar-refractivity contribution in [3.05, 3.63) is 96.1 Å². The molecular formula is C22H18F2N2O2S. The highest BCUT2D eigenvalue weighted by molar-refractivity contribution is 8.00. The zero-order chi connectivity index (χ0) is 20.6. The van der Waals surface area contributed by atoms with Gasteiger partial charge in [-0.15, -0.1) is 11.8 Å². The van der Waals surface area contributed by atoms with Crippen LogP contribution in [0.3, 0.4) is 0 Å². The molecule has 2 N–H and O–H groups in total. The summed E-state index contributed by atoms with van der Waals surface area (Å²) in [5, 5.41) is 4.49. The summed E-state index contributed by atoms with van der Waals surface area (Å²) >= 11 is 1.37. The first kappa shape index (κ1) is 20.5. The average Bonchev–Trinajstić information content (AvgIpc) is 2.74. The Bertz CT molecular complexity index is 985. The first-order valence-corrected chi connectivity index (χ1v) is 9.70. The second kappa shape index (κ2) is 9.84. The van der Waals surface area contributed by atoms with Gasteiger partial charge in [0.1, 0.15) is 5.25 Å². The molecule has 0 fully saturated rings. The van der Waals surface area contributed by atoms with Crippen molar-refractivity contribution < 1.29 is 18.4 Å². The van der Waals surface area contributed by atoms with E-state index in [2.05, 4.69) is 10.6 Å². The number of amides is 2. The van der Waals surface area contributed by atoms with Crippen LogP contribution >= 0.6 is 11.8 Å². The van der Waals surface area contributed by atoms with Gasteiger partial charge in [0.2, 0.25) is 11.8 Å². The SMILES string of the molecule is O=C(CNC(=O)[C@H](Sc1ccccc1)c1ccccc1)Nc1ccc(F)c(F)c1. The number of thioether (sulfide) groups is 1. The second-order valence-electron chi connectivity index (χ2n) is 6.12. The van der Waals surface area contributed by atoms with Crippen LogP contribution in [0.2, 0.25) is 0 Å². The molecule has 0 saturated heterocycles. The lowest BCUT2D eigenvalue weighted by molar-refractivity contribution is -0.123. The highest BCUT2D eigenvalue weighted by atomic mass is 32.2. The van der Waals surface area contributed by atoms with E-state index in [1.165, 1.54) is 17.8 Å². The summed E-state index contributed by atoms with van der Waals surface area (Å²) in [6.07, 6.45) is 0. The van der Waals surface area contributed by atoms with Crippen LogP contribution in [0.25, 0.3) is 0 Å². The van der Waals surface area contributed by atoms with E-state index in [0.29, 0.717) is 0 Å². The average molecular weight is 412 g/mol. The summed E-state index contributed by atoms with van der Waals surface area (Å²) in [6, 6.07) is 21.8. The third kappa shape index (κ3) is 5.89. The number of hydrogen-bond acceptors (Lipinski definition) is 3.